The third kappa shape index (κ3) is 2.01. The summed E-state index contributed by atoms with van der Waals surface area (Å²) >= 11 is 0. The Labute approximate surface area is 94.2 Å². The minimum absolute atomic E-state index is 0.327. The maximum atomic E-state index is 13.1. The molecule has 1 saturated heterocycles. The van der Waals surface area contributed by atoms with Gasteiger partial charge in [0, 0.05) is 5.56 Å². The van der Waals surface area contributed by atoms with E-state index in [0.29, 0.717) is 12.2 Å². The molecular weight excluding hydrogens is 243 g/mol. The monoisotopic (exact) mass is 252 g/mol. The average molecular weight is 252 g/mol. The highest BCUT2D eigenvalue weighted by molar-refractivity contribution is 5.33. The third-order valence-electron chi connectivity index (χ3n) is 2.77. The van der Waals surface area contributed by atoms with E-state index < -0.39 is 23.3 Å². The lowest BCUT2D eigenvalue weighted by molar-refractivity contribution is -0.289. The first-order valence-corrected chi connectivity index (χ1v) is 4.86. The van der Waals surface area contributed by atoms with Crippen molar-refractivity contribution in [3.05, 3.63) is 35.4 Å². The molecule has 1 aliphatic heterocycles. The van der Waals surface area contributed by atoms with Crippen LogP contribution in [0.2, 0.25) is 0 Å². The average Bonchev–Trinajstić information content (AvgIpc) is 2.96. The first-order valence-electron chi connectivity index (χ1n) is 4.86. The molecule has 0 spiro atoms. The molecule has 0 bridgehead atoms. The molecule has 94 valence electrons. The Morgan fingerprint density at radius 1 is 1.18 bits per heavy atom. The Kier molecular flexibility index (Phi) is 2.47. The first-order chi connectivity index (χ1) is 7.67. The van der Waals surface area contributed by atoms with Gasteiger partial charge in [-0.1, -0.05) is 18.2 Å². The van der Waals surface area contributed by atoms with Crippen molar-refractivity contribution < 1.29 is 26.7 Å². The van der Waals surface area contributed by atoms with Gasteiger partial charge in [-0.2, -0.15) is 22.0 Å². The SMILES string of the molecule is CC1(c2cccc(C(F)(F)C(F)(F)F)c2)CO1. The van der Waals surface area contributed by atoms with Crippen molar-refractivity contribution in [2.75, 3.05) is 6.61 Å². The smallest absolute Gasteiger partial charge is 0.365 e. The summed E-state index contributed by atoms with van der Waals surface area (Å²) in [4.78, 5) is 0. The number of alkyl halides is 5. The quantitative estimate of drug-likeness (QED) is 0.579. The van der Waals surface area contributed by atoms with E-state index in [4.69, 9.17) is 4.74 Å². The topological polar surface area (TPSA) is 12.5 Å². The van der Waals surface area contributed by atoms with Crippen LogP contribution < -0.4 is 0 Å². The van der Waals surface area contributed by atoms with Crippen LogP contribution >= 0.6 is 0 Å². The summed E-state index contributed by atoms with van der Waals surface area (Å²) in [6.07, 6.45) is -5.59. The number of benzene rings is 1. The van der Waals surface area contributed by atoms with Crippen molar-refractivity contribution in [2.45, 2.75) is 24.6 Å². The highest BCUT2D eigenvalue weighted by Crippen LogP contribution is 2.46. The standard InChI is InChI=1S/C11H9F5O/c1-9(6-17-9)7-3-2-4-8(5-7)10(12,13)11(14,15)16/h2-5H,6H2,1H3. The van der Waals surface area contributed by atoms with Crippen molar-refractivity contribution >= 4 is 0 Å². The number of hydrogen-bond acceptors (Lipinski definition) is 1. The second-order valence-corrected chi connectivity index (χ2v) is 4.17. The van der Waals surface area contributed by atoms with Crippen LogP contribution in [0.25, 0.3) is 0 Å². The summed E-state index contributed by atoms with van der Waals surface area (Å²) in [7, 11) is 0. The molecule has 1 aliphatic rings. The molecule has 1 aromatic carbocycles. The van der Waals surface area contributed by atoms with Crippen LogP contribution in [0.4, 0.5) is 22.0 Å². The van der Waals surface area contributed by atoms with E-state index in [-0.39, 0.29) is 0 Å². The fourth-order valence-corrected chi connectivity index (χ4v) is 1.48. The molecule has 1 unspecified atom stereocenters. The van der Waals surface area contributed by atoms with Crippen molar-refractivity contribution in [1.82, 2.24) is 0 Å². The Hall–Kier alpha value is -1.17. The van der Waals surface area contributed by atoms with E-state index in [1.807, 2.05) is 0 Å². The normalized spacial score (nSPS) is 24.8. The van der Waals surface area contributed by atoms with Gasteiger partial charge in [-0.25, -0.2) is 0 Å². The van der Waals surface area contributed by atoms with E-state index in [1.54, 1.807) is 6.92 Å². The van der Waals surface area contributed by atoms with E-state index in [1.165, 1.54) is 12.1 Å². The van der Waals surface area contributed by atoms with Crippen LogP contribution in [0.15, 0.2) is 24.3 Å². The molecule has 0 aromatic heterocycles. The number of halogens is 5. The predicted molar refractivity (Wildman–Crippen MR) is 49.7 cm³/mol. The Bertz CT molecular complexity index is 434. The molecule has 6 heteroatoms. The van der Waals surface area contributed by atoms with E-state index in [0.717, 1.165) is 12.1 Å². The summed E-state index contributed by atoms with van der Waals surface area (Å²) < 4.78 is 67.7. The van der Waals surface area contributed by atoms with E-state index in [9.17, 15) is 22.0 Å². The fourth-order valence-electron chi connectivity index (χ4n) is 1.48. The molecule has 1 aromatic rings. The van der Waals surface area contributed by atoms with Gasteiger partial charge in [-0.3, -0.25) is 0 Å². The molecule has 1 nitrogen and oxygen atoms in total. The molecule has 1 heterocycles. The van der Waals surface area contributed by atoms with Crippen LogP contribution in [-0.4, -0.2) is 12.8 Å². The van der Waals surface area contributed by atoms with Crippen LogP contribution in [0.1, 0.15) is 18.1 Å². The van der Waals surface area contributed by atoms with E-state index in [2.05, 4.69) is 0 Å². The van der Waals surface area contributed by atoms with Crippen molar-refractivity contribution in [3.8, 4) is 0 Å². The Morgan fingerprint density at radius 3 is 2.24 bits per heavy atom. The Balaban J connectivity index is 2.40. The lowest BCUT2D eigenvalue weighted by atomic mass is 9.97. The summed E-state index contributed by atoms with van der Waals surface area (Å²) in [6.45, 7) is 1.96. The molecule has 0 N–H and O–H groups in total. The minimum Gasteiger partial charge on any atom is -0.365 e. The molecule has 17 heavy (non-hydrogen) atoms. The Morgan fingerprint density at radius 2 is 1.76 bits per heavy atom. The van der Waals surface area contributed by atoms with Crippen LogP contribution in [0, 0.1) is 0 Å². The third-order valence-corrected chi connectivity index (χ3v) is 2.77. The zero-order valence-electron chi connectivity index (χ0n) is 8.81. The number of rotatable bonds is 2. The largest absolute Gasteiger partial charge is 0.458 e. The van der Waals surface area contributed by atoms with Crippen molar-refractivity contribution in [2.24, 2.45) is 0 Å². The second kappa shape index (κ2) is 3.41. The van der Waals surface area contributed by atoms with Crippen LogP contribution in [0.3, 0.4) is 0 Å². The van der Waals surface area contributed by atoms with Gasteiger partial charge in [-0.05, 0) is 18.6 Å². The van der Waals surface area contributed by atoms with Gasteiger partial charge in [-0.15, -0.1) is 0 Å². The number of ether oxygens (including phenoxy) is 1. The van der Waals surface area contributed by atoms with Gasteiger partial charge < -0.3 is 4.74 Å². The fraction of sp³-hybridized carbons (Fsp3) is 0.455. The van der Waals surface area contributed by atoms with Gasteiger partial charge in [0.05, 0.1) is 6.61 Å². The minimum atomic E-state index is -5.59. The predicted octanol–water partition coefficient (Wildman–Crippen LogP) is 3.59. The summed E-state index contributed by atoms with van der Waals surface area (Å²) in [6, 6.07) is 4.27. The maximum absolute atomic E-state index is 13.1. The van der Waals surface area contributed by atoms with Crippen molar-refractivity contribution in [1.29, 1.82) is 0 Å². The molecule has 1 fully saturated rings. The summed E-state index contributed by atoms with van der Waals surface area (Å²) in [5, 5.41) is 0. The maximum Gasteiger partial charge on any atom is 0.458 e. The lowest BCUT2D eigenvalue weighted by Gasteiger charge is -2.20. The molecule has 0 radical (unpaired) electrons. The molecular formula is C11H9F5O. The van der Waals surface area contributed by atoms with Crippen molar-refractivity contribution in [3.63, 3.8) is 0 Å². The zero-order chi connectivity index (χ0) is 12.9. The lowest BCUT2D eigenvalue weighted by Crippen LogP contribution is -2.33. The van der Waals surface area contributed by atoms with Crippen LogP contribution in [0.5, 0.6) is 0 Å². The molecule has 0 aliphatic carbocycles. The second-order valence-electron chi connectivity index (χ2n) is 4.17. The summed E-state index contributed by atoms with van der Waals surface area (Å²) in [5.41, 5.74) is -1.45. The molecule has 0 saturated carbocycles. The molecule has 2 rings (SSSR count). The number of epoxide rings is 1. The number of hydrogen-bond donors (Lipinski definition) is 0. The van der Waals surface area contributed by atoms with Crippen LogP contribution in [-0.2, 0) is 16.3 Å². The zero-order valence-corrected chi connectivity index (χ0v) is 8.81. The molecule has 1 atom stereocenters. The van der Waals surface area contributed by atoms with E-state index >= 15 is 0 Å². The molecule has 0 amide bonds. The van der Waals surface area contributed by atoms with Gasteiger partial charge in [0.2, 0.25) is 0 Å². The van der Waals surface area contributed by atoms with Gasteiger partial charge >= 0.3 is 12.1 Å². The highest BCUT2D eigenvalue weighted by Gasteiger charge is 2.59. The van der Waals surface area contributed by atoms with Gasteiger partial charge in [0.15, 0.2) is 0 Å². The summed E-state index contributed by atoms with van der Waals surface area (Å²) in [5.74, 6) is -4.84. The highest BCUT2D eigenvalue weighted by atomic mass is 19.4. The first kappa shape index (κ1) is 12.3. The van der Waals surface area contributed by atoms with Gasteiger partial charge in [0.25, 0.3) is 0 Å². The van der Waals surface area contributed by atoms with Gasteiger partial charge in [0.1, 0.15) is 5.60 Å².